The standard InChI is InChI=1S/C15H11NO10S/c17-9-5-11(27(24,25)26)10(18)4-8(9)13(19)16-12-6(14(20)21)2-1-3-7(12)15(22)23/h1-5,17-18H,(H,16,19)(H,20,21)(H,22,23)(H,24,25,26). The average molecular weight is 397 g/mol. The average Bonchev–Trinajstić information content (AvgIpc) is 2.55. The van der Waals surface area contributed by atoms with E-state index < -0.39 is 66.7 Å². The summed E-state index contributed by atoms with van der Waals surface area (Å²) in [5.41, 5.74) is -2.39. The van der Waals surface area contributed by atoms with E-state index in [4.69, 9.17) is 14.8 Å². The lowest BCUT2D eigenvalue weighted by Gasteiger charge is -2.13. The Morgan fingerprint density at radius 3 is 1.81 bits per heavy atom. The number of carboxylic acids is 2. The number of rotatable bonds is 5. The number of anilines is 1. The number of phenols is 2. The fourth-order valence-corrected chi connectivity index (χ4v) is 2.75. The van der Waals surface area contributed by atoms with Gasteiger partial charge in [0.1, 0.15) is 16.4 Å². The molecule has 0 heterocycles. The zero-order valence-electron chi connectivity index (χ0n) is 13.1. The summed E-state index contributed by atoms with van der Waals surface area (Å²) in [6.45, 7) is 0. The zero-order chi connectivity index (χ0) is 20.5. The van der Waals surface area contributed by atoms with Gasteiger partial charge in [0.05, 0.1) is 22.4 Å². The van der Waals surface area contributed by atoms with Gasteiger partial charge >= 0.3 is 11.9 Å². The van der Waals surface area contributed by atoms with Crippen LogP contribution in [0.5, 0.6) is 11.5 Å². The maximum absolute atomic E-state index is 12.3. The molecule has 2 rings (SSSR count). The highest BCUT2D eigenvalue weighted by atomic mass is 32.2. The number of benzene rings is 2. The second kappa shape index (κ2) is 6.93. The van der Waals surface area contributed by atoms with E-state index in [1.165, 1.54) is 0 Å². The van der Waals surface area contributed by atoms with Crippen LogP contribution in [-0.4, -0.2) is 51.2 Å². The van der Waals surface area contributed by atoms with E-state index in [9.17, 15) is 33.0 Å². The van der Waals surface area contributed by atoms with Crippen LogP contribution in [0.1, 0.15) is 31.1 Å². The molecule has 0 bridgehead atoms. The van der Waals surface area contributed by atoms with Crippen molar-refractivity contribution >= 4 is 33.7 Å². The first-order valence-corrected chi connectivity index (χ1v) is 8.32. The van der Waals surface area contributed by atoms with Crippen LogP contribution in [0.2, 0.25) is 0 Å². The Balaban J connectivity index is 2.55. The summed E-state index contributed by atoms with van der Waals surface area (Å²) in [6.07, 6.45) is 0. The van der Waals surface area contributed by atoms with Crippen LogP contribution < -0.4 is 5.32 Å². The smallest absolute Gasteiger partial charge is 0.337 e. The summed E-state index contributed by atoms with van der Waals surface area (Å²) in [5.74, 6) is -6.35. The van der Waals surface area contributed by atoms with Crippen molar-refractivity contribution in [2.75, 3.05) is 5.32 Å². The van der Waals surface area contributed by atoms with Crippen LogP contribution in [0, 0.1) is 0 Å². The first-order valence-electron chi connectivity index (χ1n) is 6.88. The molecule has 0 atom stereocenters. The van der Waals surface area contributed by atoms with Crippen molar-refractivity contribution in [2.24, 2.45) is 0 Å². The molecule has 0 fully saturated rings. The highest BCUT2D eigenvalue weighted by molar-refractivity contribution is 7.86. The third-order valence-corrected chi connectivity index (χ3v) is 4.25. The van der Waals surface area contributed by atoms with E-state index in [0.29, 0.717) is 12.1 Å². The van der Waals surface area contributed by atoms with Crippen molar-refractivity contribution in [3.8, 4) is 11.5 Å². The van der Waals surface area contributed by atoms with Gasteiger partial charge in [0.15, 0.2) is 0 Å². The van der Waals surface area contributed by atoms with E-state index in [2.05, 4.69) is 0 Å². The monoisotopic (exact) mass is 397 g/mol. The van der Waals surface area contributed by atoms with Gasteiger partial charge in [0.25, 0.3) is 16.0 Å². The lowest BCUT2D eigenvalue weighted by Crippen LogP contribution is -2.18. The number of carboxylic acid groups (broad SMARTS) is 2. The molecule has 6 N–H and O–H groups in total. The van der Waals surface area contributed by atoms with Crippen LogP contribution in [0.4, 0.5) is 5.69 Å². The molecular formula is C15H11NO10S. The van der Waals surface area contributed by atoms with Gasteiger partial charge in [0, 0.05) is 6.07 Å². The molecule has 0 unspecified atom stereocenters. The van der Waals surface area contributed by atoms with Gasteiger partial charge in [-0.3, -0.25) is 9.35 Å². The van der Waals surface area contributed by atoms with Crippen LogP contribution >= 0.6 is 0 Å². The minimum atomic E-state index is -4.89. The van der Waals surface area contributed by atoms with E-state index >= 15 is 0 Å². The number of aromatic hydroxyl groups is 2. The number of carbonyl (C=O) groups excluding carboxylic acids is 1. The van der Waals surface area contributed by atoms with Gasteiger partial charge in [0.2, 0.25) is 0 Å². The molecule has 0 saturated carbocycles. The number of para-hydroxylation sites is 1. The summed E-state index contributed by atoms with van der Waals surface area (Å²) in [5, 5.41) is 39.7. The second-order valence-electron chi connectivity index (χ2n) is 5.10. The molecule has 0 spiro atoms. The number of amides is 1. The largest absolute Gasteiger partial charge is 0.507 e. The van der Waals surface area contributed by atoms with Crippen molar-refractivity contribution in [2.45, 2.75) is 4.90 Å². The quantitative estimate of drug-likeness (QED) is 0.312. The van der Waals surface area contributed by atoms with Crippen molar-refractivity contribution in [1.29, 1.82) is 0 Å². The SMILES string of the molecule is O=C(Nc1c(C(=O)O)cccc1C(=O)O)c1cc(O)c(S(=O)(=O)O)cc1O. The molecule has 142 valence electrons. The van der Waals surface area contributed by atoms with Crippen molar-refractivity contribution < 1.29 is 47.8 Å². The van der Waals surface area contributed by atoms with Crippen LogP contribution in [0.25, 0.3) is 0 Å². The van der Waals surface area contributed by atoms with Crippen molar-refractivity contribution in [3.05, 3.63) is 47.0 Å². The highest BCUT2D eigenvalue weighted by Gasteiger charge is 2.25. The molecule has 0 aliphatic carbocycles. The summed E-state index contributed by atoms with van der Waals surface area (Å²) in [4.78, 5) is 33.8. The van der Waals surface area contributed by atoms with Gasteiger partial charge in [-0.15, -0.1) is 0 Å². The molecule has 27 heavy (non-hydrogen) atoms. The number of nitrogens with one attached hydrogen (secondary N) is 1. The molecule has 1 amide bonds. The van der Waals surface area contributed by atoms with Crippen LogP contribution in [-0.2, 0) is 10.1 Å². The molecule has 0 saturated heterocycles. The number of aromatic carboxylic acids is 2. The molecule has 12 heteroatoms. The lowest BCUT2D eigenvalue weighted by molar-refractivity contribution is 0.0696. The maximum Gasteiger partial charge on any atom is 0.337 e. The van der Waals surface area contributed by atoms with E-state index in [1.807, 2.05) is 5.32 Å². The topological polar surface area (TPSA) is 199 Å². The fourth-order valence-electron chi connectivity index (χ4n) is 2.17. The predicted octanol–water partition coefficient (Wildman–Crippen LogP) is 0.993. The molecule has 0 aromatic heterocycles. The fraction of sp³-hybridized carbons (Fsp3) is 0. The van der Waals surface area contributed by atoms with Crippen LogP contribution in [0.15, 0.2) is 35.2 Å². The van der Waals surface area contributed by atoms with Crippen molar-refractivity contribution in [1.82, 2.24) is 0 Å². The molecule has 2 aromatic carbocycles. The number of phenolic OH excluding ortho intramolecular Hbond substituents is 2. The summed E-state index contributed by atoms with van der Waals surface area (Å²) >= 11 is 0. The molecule has 0 radical (unpaired) electrons. The predicted molar refractivity (Wildman–Crippen MR) is 87.9 cm³/mol. The van der Waals surface area contributed by atoms with Gasteiger partial charge in [-0.2, -0.15) is 8.42 Å². The lowest BCUT2D eigenvalue weighted by atomic mass is 10.1. The summed E-state index contributed by atoms with van der Waals surface area (Å²) < 4.78 is 31.1. The van der Waals surface area contributed by atoms with Gasteiger partial charge in [-0.25, -0.2) is 9.59 Å². The molecular weight excluding hydrogens is 386 g/mol. The Morgan fingerprint density at radius 1 is 0.852 bits per heavy atom. The molecule has 0 aliphatic rings. The molecule has 2 aromatic rings. The van der Waals surface area contributed by atoms with Gasteiger partial charge in [-0.1, -0.05) is 6.07 Å². The van der Waals surface area contributed by atoms with E-state index in [-0.39, 0.29) is 0 Å². The first-order chi connectivity index (χ1) is 12.4. The summed E-state index contributed by atoms with van der Waals surface area (Å²) in [7, 11) is -4.89. The Labute approximate surface area is 150 Å². The highest BCUT2D eigenvalue weighted by Crippen LogP contribution is 2.31. The van der Waals surface area contributed by atoms with Crippen molar-refractivity contribution in [3.63, 3.8) is 0 Å². The Kier molecular flexibility index (Phi) is 5.05. The maximum atomic E-state index is 12.3. The zero-order valence-corrected chi connectivity index (χ0v) is 13.9. The molecule has 0 aliphatic heterocycles. The third-order valence-electron chi connectivity index (χ3n) is 3.36. The number of carbonyl (C=O) groups is 3. The van der Waals surface area contributed by atoms with E-state index in [0.717, 1.165) is 18.2 Å². The normalized spacial score (nSPS) is 11.0. The van der Waals surface area contributed by atoms with Gasteiger partial charge in [-0.05, 0) is 18.2 Å². The van der Waals surface area contributed by atoms with Crippen LogP contribution in [0.3, 0.4) is 0 Å². The minimum absolute atomic E-state index is 0.404. The first kappa shape index (κ1) is 19.7. The molecule has 11 nitrogen and oxygen atoms in total. The number of hydrogen-bond donors (Lipinski definition) is 6. The Hall–Kier alpha value is -3.64. The Morgan fingerprint density at radius 2 is 1.37 bits per heavy atom. The number of hydrogen-bond acceptors (Lipinski definition) is 7. The minimum Gasteiger partial charge on any atom is -0.507 e. The summed E-state index contributed by atoms with van der Waals surface area (Å²) in [6, 6.07) is 4.12. The van der Waals surface area contributed by atoms with E-state index in [1.54, 1.807) is 0 Å². The second-order valence-corrected chi connectivity index (χ2v) is 6.49. The Bertz CT molecular complexity index is 1040. The van der Waals surface area contributed by atoms with Gasteiger partial charge < -0.3 is 25.7 Å². The third kappa shape index (κ3) is 3.96.